The van der Waals surface area contributed by atoms with Crippen LogP contribution in [0.4, 0.5) is 0 Å². The van der Waals surface area contributed by atoms with E-state index in [1.165, 1.54) is 0 Å². The molecular weight excluding hydrogens is 298 g/mol. The lowest BCUT2D eigenvalue weighted by atomic mass is 9.95. The standard InChI is InChI=1S/C20H15N3O/c1-2-14-18(13-8-4-3-5-9-13)15(12-21)19-22-16-10-6-7-11-17(16)23(19)20(14)24/h3-11,22H,2H2,1H3. The van der Waals surface area contributed by atoms with Gasteiger partial charge in [-0.1, -0.05) is 49.4 Å². The van der Waals surface area contributed by atoms with E-state index < -0.39 is 0 Å². The highest BCUT2D eigenvalue weighted by Gasteiger charge is 2.20. The van der Waals surface area contributed by atoms with Crippen LogP contribution in [0.15, 0.2) is 59.4 Å². The number of para-hydroxylation sites is 2. The Labute approximate surface area is 138 Å². The van der Waals surface area contributed by atoms with E-state index in [-0.39, 0.29) is 5.56 Å². The number of imidazole rings is 1. The third-order valence-electron chi connectivity index (χ3n) is 4.40. The van der Waals surface area contributed by atoms with E-state index in [1.807, 2.05) is 61.5 Å². The van der Waals surface area contributed by atoms with Crippen LogP contribution in [0.1, 0.15) is 18.1 Å². The van der Waals surface area contributed by atoms with Gasteiger partial charge in [0.15, 0.2) is 0 Å². The molecule has 0 unspecified atom stereocenters. The van der Waals surface area contributed by atoms with Gasteiger partial charge in [0.25, 0.3) is 5.56 Å². The van der Waals surface area contributed by atoms with Crippen LogP contribution in [0, 0.1) is 11.3 Å². The van der Waals surface area contributed by atoms with Gasteiger partial charge in [-0.3, -0.25) is 9.20 Å². The lowest BCUT2D eigenvalue weighted by Gasteiger charge is -2.11. The number of nitrogens with one attached hydrogen (secondary N) is 1. The SMILES string of the molecule is CCc1c(-c2ccccc2)c(C#N)c2[nH]c3ccccc3n2c1=O. The zero-order chi connectivity index (χ0) is 16.7. The minimum absolute atomic E-state index is 0.0668. The number of nitriles is 1. The molecule has 0 saturated carbocycles. The lowest BCUT2D eigenvalue weighted by molar-refractivity contribution is 1.03. The summed E-state index contributed by atoms with van der Waals surface area (Å²) in [7, 11) is 0. The van der Waals surface area contributed by atoms with Crippen molar-refractivity contribution in [1.29, 1.82) is 5.26 Å². The molecule has 2 heterocycles. The monoisotopic (exact) mass is 313 g/mol. The second-order valence-corrected chi connectivity index (χ2v) is 5.69. The molecule has 0 aliphatic heterocycles. The van der Waals surface area contributed by atoms with Crippen molar-refractivity contribution in [2.45, 2.75) is 13.3 Å². The maximum absolute atomic E-state index is 13.1. The van der Waals surface area contributed by atoms with E-state index in [0.29, 0.717) is 23.2 Å². The fourth-order valence-electron chi connectivity index (χ4n) is 3.33. The van der Waals surface area contributed by atoms with Gasteiger partial charge in [0.05, 0.1) is 11.0 Å². The number of rotatable bonds is 2. The molecule has 4 aromatic rings. The summed E-state index contributed by atoms with van der Waals surface area (Å²) >= 11 is 0. The number of nitrogens with zero attached hydrogens (tertiary/aromatic N) is 2. The van der Waals surface area contributed by atoms with Gasteiger partial charge < -0.3 is 4.98 Å². The van der Waals surface area contributed by atoms with Crippen molar-refractivity contribution in [3.63, 3.8) is 0 Å². The second-order valence-electron chi connectivity index (χ2n) is 5.69. The molecule has 2 aromatic carbocycles. The van der Waals surface area contributed by atoms with Crippen LogP contribution in [0.5, 0.6) is 0 Å². The Morgan fingerprint density at radius 2 is 1.79 bits per heavy atom. The summed E-state index contributed by atoms with van der Waals surface area (Å²) in [4.78, 5) is 16.4. The minimum Gasteiger partial charge on any atom is -0.338 e. The average molecular weight is 313 g/mol. The highest BCUT2D eigenvalue weighted by molar-refractivity contribution is 5.87. The fraction of sp³-hybridized carbons (Fsp3) is 0.100. The maximum atomic E-state index is 13.1. The Hall–Kier alpha value is -3.32. The van der Waals surface area contributed by atoms with Gasteiger partial charge in [-0.25, -0.2) is 0 Å². The predicted octanol–water partition coefficient (Wildman–Crippen LogP) is 3.88. The van der Waals surface area contributed by atoms with Gasteiger partial charge in [-0.05, 0) is 24.1 Å². The van der Waals surface area contributed by atoms with E-state index in [1.54, 1.807) is 4.40 Å². The zero-order valence-electron chi connectivity index (χ0n) is 13.2. The molecule has 0 atom stereocenters. The molecule has 2 aromatic heterocycles. The molecule has 4 nitrogen and oxygen atoms in total. The number of aromatic amines is 1. The molecule has 0 aliphatic rings. The third-order valence-corrected chi connectivity index (χ3v) is 4.40. The van der Waals surface area contributed by atoms with Crippen LogP contribution in [0.25, 0.3) is 27.8 Å². The molecule has 0 radical (unpaired) electrons. The highest BCUT2D eigenvalue weighted by Crippen LogP contribution is 2.30. The molecule has 4 rings (SSSR count). The van der Waals surface area contributed by atoms with Crippen molar-refractivity contribution < 1.29 is 0 Å². The molecule has 1 N–H and O–H groups in total. The molecule has 0 bridgehead atoms. The number of aromatic nitrogens is 2. The second kappa shape index (κ2) is 5.39. The minimum atomic E-state index is -0.0668. The first kappa shape index (κ1) is 14.3. The lowest BCUT2D eigenvalue weighted by Crippen LogP contribution is -2.20. The Morgan fingerprint density at radius 1 is 1.08 bits per heavy atom. The molecule has 0 fully saturated rings. The quantitative estimate of drug-likeness (QED) is 0.610. The van der Waals surface area contributed by atoms with Crippen molar-refractivity contribution in [2.24, 2.45) is 0 Å². The maximum Gasteiger partial charge on any atom is 0.260 e. The Morgan fingerprint density at radius 3 is 2.50 bits per heavy atom. The van der Waals surface area contributed by atoms with Crippen LogP contribution in [-0.2, 0) is 6.42 Å². The predicted molar refractivity (Wildman–Crippen MR) is 95.1 cm³/mol. The Kier molecular flexibility index (Phi) is 3.21. The van der Waals surface area contributed by atoms with Crippen LogP contribution in [-0.4, -0.2) is 9.38 Å². The van der Waals surface area contributed by atoms with Crippen molar-refractivity contribution in [3.8, 4) is 17.2 Å². The zero-order valence-corrected chi connectivity index (χ0v) is 13.2. The Bertz CT molecular complexity index is 1160. The number of fused-ring (bicyclic) bond motifs is 3. The van der Waals surface area contributed by atoms with Crippen LogP contribution in [0.2, 0.25) is 0 Å². The first-order chi connectivity index (χ1) is 11.8. The normalized spacial score (nSPS) is 11.0. The van der Waals surface area contributed by atoms with Gasteiger partial charge in [0.2, 0.25) is 0 Å². The van der Waals surface area contributed by atoms with Gasteiger partial charge in [0.1, 0.15) is 17.3 Å². The van der Waals surface area contributed by atoms with Crippen molar-refractivity contribution in [1.82, 2.24) is 9.38 Å². The van der Waals surface area contributed by atoms with Crippen LogP contribution >= 0.6 is 0 Å². The largest absolute Gasteiger partial charge is 0.338 e. The highest BCUT2D eigenvalue weighted by atomic mass is 16.1. The summed E-state index contributed by atoms with van der Waals surface area (Å²) < 4.78 is 1.62. The molecule has 0 aliphatic carbocycles. The third kappa shape index (κ3) is 1.88. The van der Waals surface area contributed by atoms with Gasteiger partial charge in [-0.15, -0.1) is 0 Å². The summed E-state index contributed by atoms with van der Waals surface area (Å²) in [6, 6.07) is 19.6. The van der Waals surface area contributed by atoms with E-state index in [9.17, 15) is 10.1 Å². The van der Waals surface area contributed by atoms with Gasteiger partial charge in [0, 0.05) is 11.1 Å². The molecule has 116 valence electrons. The number of benzene rings is 2. The Balaban J connectivity index is 2.28. The molecular formula is C20H15N3O. The molecule has 0 saturated heterocycles. The molecule has 0 amide bonds. The first-order valence-electron chi connectivity index (χ1n) is 7.90. The molecule has 4 heteroatoms. The molecule has 24 heavy (non-hydrogen) atoms. The number of hydrogen-bond acceptors (Lipinski definition) is 2. The average Bonchev–Trinajstić information content (AvgIpc) is 3.02. The summed E-state index contributed by atoms with van der Waals surface area (Å²) in [5.74, 6) is 0. The number of H-pyrrole nitrogens is 1. The number of hydrogen-bond donors (Lipinski definition) is 1. The van der Waals surface area contributed by atoms with E-state index in [4.69, 9.17) is 0 Å². The van der Waals surface area contributed by atoms with E-state index in [0.717, 1.165) is 22.2 Å². The summed E-state index contributed by atoms with van der Waals surface area (Å²) in [6.45, 7) is 1.95. The van der Waals surface area contributed by atoms with E-state index in [2.05, 4.69) is 11.1 Å². The smallest absolute Gasteiger partial charge is 0.260 e. The van der Waals surface area contributed by atoms with Gasteiger partial charge in [-0.2, -0.15) is 5.26 Å². The molecule has 0 spiro atoms. The summed E-state index contributed by atoms with van der Waals surface area (Å²) in [5, 5.41) is 9.83. The first-order valence-corrected chi connectivity index (χ1v) is 7.90. The van der Waals surface area contributed by atoms with Crippen molar-refractivity contribution >= 4 is 16.7 Å². The summed E-state index contributed by atoms with van der Waals surface area (Å²) in [5.41, 5.74) is 4.93. The van der Waals surface area contributed by atoms with Crippen LogP contribution < -0.4 is 5.56 Å². The topological polar surface area (TPSA) is 61.1 Å². The van der Waals surface area contributed by atoms with Crippen molar-refractivity contribution in [2.75, 3.05) is 0 Å². The summed E-state index contributed by atoms with van der Waals surface area (Å²) in [6.07, 6.45) is 0.570. The van der Waals surface area contributed by atoms with E-state index >= 15 is 0 Å². The number of pyridine rings is 1. The fourth-order valence-corrected chi connectivity index (χ4v) is 3.33. The van der Waals surface area contributed by atoms with Crippen LogP contribution in [0.3, 0.4) is 0 Å². The van der Waals surface area contributed by atoms with Gasteiger partial charge >= 0.3 is 0 Å². The van der Waals surface area contributed by atoms with Crippen molar-refractivity contribution in [3.05, 3.63) is 76.1 Å².